The van der Waals surface area contributed by atoms with Gasteiger partial charge in [-0.3, -0.25) is 5.32 Å². The zero-order valence-electron chi connectivity index (χ0n) is 13.3. The molecule has 8 heteroatoms. The zero-order chi connectivity index (χ0) is 17.3. The van der Waals surface area contributed by atoms with Crippen molar-refractivity contribution in [1.29, 1.82) is 0 Å². The zero-order valence-corrected chi connectivity index (χ0v) is 14.9. The molecule has 3 aromatic rings. The summed E-state index contributed by atoms with van der Waals surface area (Å²) in [6.45, 7) is 5.39. The Labute approximate surface area is 147 Å². The molecular weight excluding hydrogens is 348 g/mol. The molecule has 0 radical (unpaired) electrons. The van der Waals surface area contributed by atoms with Crippen molar-refractivity contribution in [3.63, 3.8) is 0 Å². The van der Waals surface area contributed by atoms with Gasteiger partial charge in [-0.2, -0.15) is 4.98 Å². The van der Waals surface area contributed by atoms with E-state index in [-0.39, 0.29) is 0 Å². The molecule has 0 aliphatic carbocycles. The lowest BCUT2D eigenvalue weighted by Gasteiger charge is -2.18. The lowest BCUT2D eigenvalue weighted by atomic mass is 10.2. The largest absolute Gasteiger partial charge is 0.444 e. The molecule has 1 aromatic carbocycles. The van der Waals surface area contributed by atoms with Crippen LogP contribution in [0, 0.1) is 0 Å². The van der Waals surface area contributed by atoms with Crippen molar-refractivity contribution >= 4 is 44.6 Å². The maximum absolute atomic E-state index is 11.8. The third-order valence-corrected chi connectivity index (χ3v) is 3.98. The number of rotatable bonds is 2. The molecule has 0 atom stereocenters. The summed E-state index contributed by atoms with van der Waals surface area (Å²) in [6.07, 6.45) is 1.09. The number of ether oxygens (including phenoxy) is 1. The molecule has 0 saturated heterocycles. The molecule has 0 unspecified atom stereocenters. The predicted molar refractivity (Wildman–Crippen MR) is 95.5 cm³/mol. The lowest BCUT2D eigenvalue weighted by molar-refractivity contribution is 0.0636. The number of aromatic nitrogens is 3. The maximum Gasteiger partial charge on any atom is 0.413 e. The van der Waals surface area contributed by atoms with Crippen molar-refractivity contribution in [2.75, 3.05) is 5.32 Å². The topological polar surface area (TPSA) is 77.0 Å². The predicted octanol–water partition coefficient (Wildman–Crippen LogP) is 4.75. The van der Waals surface area contributed by atoms with Gasteiger partial charge in [-0.25, -0.2) is 14.8 Å². The standard InChI is InChI=1S/C16H15ClN4O2S/c1-16(2,3)23-15(22)21-14-20-12-13(24-14)19-11(8-18-12)9-4-6-10(17)7-5-9/h4-8H,1-3H3,(H,18,20,21,22). The smallest absolute Gasteiger partial charge is 0.413 e. The van der Waals surface area contributed by atoms with E-state index in [1.54, 1.807) is 39.1 Å². The van der Waals surface area contributed by atoms with Gasteiger partial charge in [0.15, 0.2) is 15.6 Å². The second kappa shape index (κ2) is 6.33. The number of nitrogens with one attached hydrogen (secondary N) is 1. The average Bonchev–Trinajstić information content (AvgIpc) is 2.86. The molecule has 2 aromatic heterocycles. The number of hydrogen-bond acceptors (Lipinski definition) is 6. The fourth-order valence-corrected chi connectivity index (χ4v) is 2.83. The fourth-order valence-electron chi connectivity index (χ4n) is 1.93. The van der Waals surface area contributed by atoms with E-state index in [9.17, 15) is 4.79 Å². The Morgan fingerprint density at radius 2 is 1.92 bits per heavy atom. The first-order chi connectivity index (χ1) is 11.3. The molecule has 0 aliphatic heterocycles. The number of halogens is 1. The van der Waals surface area contributed by atoms with Gasteiger partial charge in [0.2, 0.25) is 0 Å². The molecule has 1 N–H and O–H groups in total. The van der Waals surface area contributed by atoms with Gasteiger partial charge in [-0.05, 0) is 32.9 Å². The van der Waals surface area contributed by atoms with Crippen molar-refractivity contribution in [3.8, 4) is 11.3 Å². The molecule has 0 saturated carbocycles. The third kappa shape index (κ3) is 3.98. The molecule has 124 valence electrons. The van der Waals surface area contributed by atoms with E-state index in [2.05, 4.69) is 20.3 Å². The summed E-state index contributed by atoms with van der Waals surface area (Å²) in [7, 11) is 0. The molecular formula is C16H15ClN4O2S. The van der Waals surface area contributed by atoms with E-state index in [1.807, 2.05) is 12.1 Å². The molecule has 3 rings (SSSR count). The highest BCUT2D eigenvalue weighted by atomic mass is 35.5. The number of amides is 1. The van der Waals surface area contributed by atoms with Crippen LogP contribution in [0.5, 0.6) is 0 Å². The van der Waals surface area contributed by atoms with Crippen molar-refractivity contribution in [1.82, 2.24) is 15.0 Å². The van der Waals surface area contributed by atoms with Crippen LogP contribution in [0.3, 0.4) is 0 Å². The summed E-state index contributed by atoms with van der Waals surface area (Å²) in [6, 6.07) is 7.34. The number of thiazole rings is 1. The highest BCUT2D eigenvalue weighted by Gasteiger charge is 2.18. The third-order valence-electron chi connectivity index (χ3n) is 2.87. The number of benzene rings is 1. The maximum atomic E-state index is 11.8. The van der Waals surface area contributed by atoms with E-state index < -0.39 is 11.7 Å². The quantitative estimate of drug-likeness (QED) is 0.711. The van der Waals surface area contributed by atoms with Crippen molar-refractivity contribution in [3.05, 3.63) is 35.5 Å². The molecule has 24 heavy (non-hydrogen) atoms. The number of carbonyl (C=O) groups is 1. The van der Waals surface area contributed by atoms with Gasteiger partial charge in [-0.1, -0.05) is 35.1 Å². The number of carbonyl (C=O) groups excluding carboxylic acids is 1. The second-order valence-corrected chi connectivity index (χ2v) is 7.45. The monoisotopic (exact) mass is 362 g/mol. The van der Waals surface area contributed by atoms with Crippen LogP contribution in [0.2, 0.25) is 5.02 Å². The van der Waals surface area contributed by atoms with E-state index in [1.165, 1.54) is 11.3 Å². The first-order valence-electron chi connectivity index (χ1n) is 7.20. The van der Waals surface area contributed by atoms with E-state index >= 15 is 0 Å². The van der Waals surface area contributed by atoms with Crippen LogP contribution in [0.25, 0.3) is 21.7 Å². The first-order valence-corrected chi connectivity index (χ1v) is 8.39. The van der Waals surface area contributed by atoms with Gasteiger partial charge >= 0.3 is 6.09 Å². The van der Waals surface area contributed by atoms with Crippen LogP contribution in [-0.2, 0) is 4.74 Å². The van der Waals surface area contributed by atoms with Gasteiger partial charge in [0.05, 0.1) is 11.9 Å². The average molecular weight is 363 g/mol. The summed E-state index contributed by atoms with van der Waals surface area (Å²) in [5.74, 6) is 0. The van der Waals surface area contributed by atoms with E-state index in [0.29, 0.717) is 26.3 Å². The minimum absolute atomic E-state index is 0.396. The van der Waals surface area contributed by atoms with Crippen molar-refractivity contribution in [2.45, 2.75) is 26.4 Å². The van der Waals surface area contributed by atoms with E-state index in [0.717, 1.165) is 5.56 Å². The molecule has 6 nitrogen and oxygen atoms in total. The number of anilines is 1. The number of nitrogens with zero attached hydrogens (tertiary/aromatic N) is 3. The normalized spacial score (nSPS) is 11.5. The van der Waals surface area contributed by atoms with Gasteiger partial charge in [0.25, 0.3) is 0 Å². The Bertz CT molecular complexity index is 887. The van der Waals surface area contributed by atoms with Gasteiger partial charge in [0.1, 0.15) is 5.60 Å². The summed E-state index contributed by atoms with van der Waals surface area (Å²) in [4.78, 5) is 25.5. The SMILES string of the molecule is CC(C)(C)OC(=O)Nc1nc2ncc(-c3ccc(Cl)cc3)nc2s1. The summed E-state index contributed by atoms with van der Waals surface area (Å²) >= 11 is 7.14. The Kier molecular flexibility index (Phi) is 4.38. The van der Waals surface area contributed by atoms with Gasteiger partial charge in [0, 0.05) is 10.6 Å². The minimum Gasteiger partial charge on any atom is -0.444 e. The van der Waals surface area contributed by atoms with Gasteiger partial charge < -0.3 is 4.74 Å². The molecule has 0 fully saturated rings. The van der Waals surface area contributed by atoms with Crippen LogP contribution in [-0.4, -0.2) is 26.6 Å². The highest BCUT2D eigenvalue weighted by molar-refractivity contribution is 7.21. The second-order valence-electron chi connectivity index (χ2n) is 6.04. The molecule has 0 aliphatic rings. The first kappa shape index (κ1) is 16.6. The molecule has 1 amide bonds. The Morgan fingerprint density at radius 3 is 2.58 bits per heavy atom. The van der Waals surface area contributed by atoms with Crippen molar-refractivity contribution < 1.29 is 9.53 Å². The van der Waals surface area contributed by atoms with Crippen molar-refractivity contribution in [2.24, 2.45) is 0 Å². The van der Waals surface area contributed by atoms with Crippen LogP contribution in [0.15, 0.2) is 30.5 Å². The molecule has 2 heterocycles. The Balaban J connectivity index is 1.84. The summed E-state index contributed by atoms with van der Waals surface area (Å²) in [5.41, 5.74) is 1.53. The molecule has 0 spiro atoms. The highest BCUT2D eigenvalue weighted by Crippen LogP contribution is 2.26. The number of hydrogen-bond donors (Lipinski definition) is 1. The fraction of sp³-hybridized carbons (Fsp3) is 0.250. The molecule has 0 bridgehead atoms. The van der Waals surface area contributed by atoms with Crippen LogP contribution in [0.4, 0.5) is 9.93 Å². The van der Waals surface area contributed by atoms with Gasteiger partial charge in [-0.15, -0.1) is 0 Å². The van der Waals surface area contributed by atoms with Crippen LogP contribution >= 0.6 is 22.9 Å². The lowest BCUT2D eigenvalue weighted by Crippen LogP contribution is -2.27. The van der Waals surface area contributed by atoms with E-state index in [4.69, 9.17) is 16.3 Å². The van der Waals surface area contributed by atoms with Crippen LogP contribution in [0.1, 0.15) is 20.8 Å². The number of fused-ring (bicyclic) bond motifs is 1. The Morgan fingerprint density at radius 1 is 1.21 bits per heavy atom. The Hall–Kier alpha value is -2.25. The summed E-state index contributed by atoms with van der Waals surface area (Å²) < 4.78 is 5.21. The van der Waals surface area contributed by atoms with Crippen LogP contribution < -0.4 is 5.32 Å². The summed E-state index contributed by atoms with van der Waals surface area (Å²) in [5, 5.41) is 3.66. The minimum atomic E-state index is -0.570.